The molecule has 0 fully saturated rings. The van der Waals surface area contributed by atoms with E-state index in [9.17, 15) is 0 Å². The van der Waals surface area contributed by atoms with Gasteiger partial charge in [0.05, 0.1) is 16.8 Å². The van der Waals surface area contributed by atoms with Crippen LogP contribution in [0.1, 0.15) is 38.9 Å². The SMILES string of the molecule is Cc1ccc(N(c2ccc3c(c2)C(c2ccc(C)cc2)(c2cccc4ccccc24)c2cc(N(c4ccc(C)cc4)c4c5ccccc5cc5ccccc45)ccc2-3)c2c3ccccc3cc3ccccc23)cc1. The van der Waals surface area contributed by atoms with Gasteiger partial charge in [-0.15, -0.1) is 0 Å². The third-order valence-corrected chi connectivity index (χ3v) is 15.8. The molecule has 350 valence electrons. The molecule has 0 unspecified atom stereocenters. The van der Waals surface area contributed by atoms with E-state index in [2.05, 4.69) is 291 Å². The largest absolute Gasteiger partial charge is 0.309 e. The average molecular weight is 945 g/mol. The minimum atomic E-state index is -0.759. The summed E-state index contributed by atoms with van der Waals surface area (Å²) in [6.07, 6.45) is 0. The van der Waals surface area contributed by atoms with Crippen molar-refractivity contribution in [2.75, 3.05) is 9.80 Å². The van der Waals surface area contributed by atoms with Crippen LogP contribution >= 0.6 is 0 Å². The van der Waals surface area contributed by atoms with Crippen LogP contribution in [-0.4, -0.2) is 0 Å². The van der Waals surface area contributed by atoms with Gasteiger partial charge in [0.2, 0.25) is 0 Å². The van der Waals surface area contributed by atoms with E-state index >= 15 is 0 Å². The lowest BCUT2D eigenvalue weighted by Gasteiger charge is -2.37. The summed E-state index contributed by atoms with van der Waals surface area (Å²) < 4.78 is 0. The van der Waals surface area contributed by atoms with Crippen LogP contribution < -0.4 is 9.80 Å². The van der Waals surface area contributed by atoms with Crippen LogP contribution in [0, 0.1) is 20.8 Å². The van der Waals surface area contributed by atoms with E-state index in [0.717, 1.165) is 22.7 Å². The minimum Gasteiger partial charge on any atom is -0.309 e. The van der Waals surface area contributed by atoms with Gasteiger partial charge in [-0.05, 0) is 147 Å². The molecule has 13 aromatic carbocycles. The molecule has 0 bridgehead atoms. The summed E-state index contributed by atoms with van der Waals surface area (Å²) in [7, 11) is 0. The van der Waals surface area contributed by atoms with Gasteiger partial charge in [0, 0.05) is 44.3 Å². The molecule has 0 atom stereocenters. The predicted molar refractivity (Wildman–Crippen MR) is 315 cm³/mol. The first-order valence-corrected chi connectivity index (χ1v) is 25.8. The van der Waals surface area contributed by atoms with E-state index < -0.39 is 5.41 Å². The Morgan fingerprint density at radius 1 is 0.257 bits per heavy atom. The van der Waals surface area contributed by atoms with Gasteiger partial charge in [-0.25, -0.2) is 0 Å². The van der Waals surface area contributed by atoms with Crippen LogP contribution in [0.2, 0.25) is 0 Å². The van der Waals surface area contributed by atoms with Gasteiger partial charge < -0.3 is 9.80 Å². The summed E-state index contributed by atoms with van der Waals surface area (Å²) in [6, 6.07) is 98.1. The summed E-state index contributed by atoms with van der Waals surface area (Å²) in [5.41, 5.74) is 17.1. The Bertz CT molecular complexity index is 4010. The van der Waals surface area contributed by atoms with Gasteiger partial charge in [0.25, 0.3) is 0 Å². The number of hydrogen-bond acceptors (Lipinski definition) is 2. The summed E-state index contributed by atoms with van der Waals surface area (Å²) in [5.74, 6) is 0. The molecular weight excluding hydrogens is 893 g/mol. The van der Waals surface area contributed by atoms with Crippen molar-refractivity contribution in [1.82, 2.24) is 0 Å². The highest BCUT2D eigenvalue weighted by atomic mass is 15.2. The van der Waals surface area contributed by atoms with Crippen molar-refractivity contribution >= 4 is 88.0 Å². The standard InChI is InChI=1S/C72H52N2/c1-47-27-33-55(34-28-47)72(67-26-14-20-50-15-4-9-21-60(50)67)68-45-58(73(56-35-29-48(2)30-36-56)70-61-22-10-5-16-51(61)43-52-17-6-11-23-62(52)70)39-41-65(68)66-42-40-59(46-69(66)72)74(57-37-31-49(3)32-38-57)71-63-24-12-7-18-53(63)44-54-19-8-13-25-64(54)71/h4-46H,1-3H3. The van der Waals surface area contributed by atoms with Crippen LogP contribution in [-0.2, 0) is 5.41 Å². The molecule has 0 saturated carbocycles. The number of benzene rings is 13. The molecule has 13 aromatic rings. The average Bonchev–Trinajstić information content (AvgIpc) is 3.74. The van der Waals surface area contributed by atoms with E-state index in [4.69, 9.17) is 0 Å². The third-order valence-electron chi connectivity index (χ3n) is 15.8. The normalized spacial score (nSPS) is 12.6. The monoisotopic (exact) mass is 944 g/mol. The smallest absolute Gasteiger partial charge is 0.0721 e. The van der Waals surface area contributed by atoms with Crippen molar-refractivity contribution < 1.29 is 0 Å². The Labute approximate surface area is 432 Å². The van der Waals surface area contributed by atoms with Gasteiger partial charge >= 0.3 is 0 Å². The molecule has 0 radical (unpaired) electrons. The predicted octanol–water partition coefficient (Wildman–Crippen LogP) is 19.7. The van der Waals surface area contributed by atoms with Crippen LogP contribution in [0.4, 0.5) is 34.1 Å². The lowest BCUT2D eigenvalue weighted by Crippen LogP contribution is -2.29. The molecular formula is C72H52N2. The fourth-order valence-corrected chi connectivity index (χ4v) is 12.4. The summed E-state index contributed by atoms with van der Waals surface area (Å²) in [6.45, 7) is 6.54. The highest BCUT2D eigenvalue weighted by Gasteiger charge is 2.48. The maximum absolute atomic E-state index is 2.53. The molecule has 0 aromatic heterocycles. The zero-order valence-corrected chi connectivity index (χ0v) is 41.7. The lowest BCUT2D eigenvalue weighted by molar-refractivity contribution is 0.776. The van der Waals surface area contributed by atoms with Crippen molar-refractivity contribution in [2.45, 2.75) is 26.2 Å². The molecule has 0 N–H and O–H groups in total. The second-order valence-electron chi connectivity index (χ2n) is 20.3. The fraction of sp³-hybridized carbons (Fsp3) is 0.0556. The number of anilines is 6. The Hall–Kier alpha value is -9.24. The van der Waals surface area contributed by atoms with Crippen molar-refractivity contribution in [3.63, 3.8) is 0 Å². The molecule has 2 nitrogen and oxygen atoms in total. The van der Waals surface area contributed by atoms with E-state index in [1.807, 2.05) is 0 Å². The van der Waals surface area contributed by atoms with Crippen molar-refractivity contribution in [3.8, 4) is 11.1 Å². The van der Waals surface area contributed by atoms with Crippen LogP contribution in [0.15, 0.2) is 261 Å². The second kappa shape index (κ2) is 17.2. The van der Waals surface area contributed by atoms with E-state index in [-0.39, 0.29) is 0 Å². The first-order chi connectivity index (χ1) is 36.4. The van der Waals surface area contributed by atoms with Crippen molar-refractivity contribution in [1.29, 1.82) is 0 Å². The zero-order valence-electron chi connectivity index (χ0n) is 41.7. The Balaban J connectivity index is 1.11. The molecule has 0 aliphatic heterocycles. The van der Waals surface area contributed by atoms with E-state index in [1.54, 1.807) is 0 Å². The Morgan fingerprint density at radius 3 is 1.01 bits per heavy atom. The van der Waals surface area contributed by atoms with E-state index in [1.165, 1.54) is 115 Å². The van der Waals surface area contributed by atoms with Crippen LogP contribution in [0.5, 0.6) is 0 Å². The molecule has 74 heavy (non-hydrogen) atoms. The molecule has 14 rings (SSSR count). The highest BCUT2D eigenvalue weighted by molar-refractivity contribution is 6.16. The molecule has 0 heterocycles. The Kier molecular flexibility index (Phi) is 10.1. The lowest BCUT2D eigenvalue weighted by atomic mass is 9.66. The molecule has 0 saturated heterocycles. The molecule has 1 aliphatic rings. The minimum absolute atomic E-state index is 0.759. The maximum Gasteiger partial charge on any atom is 0.0721 e. The Morgan fingerprint density at radius 2 is 0.595 bits per heavy atom. The quantitative estimate of drug-likeness (QED) is 0.140. The van der Waals surface area contributed by atoms with Gasteiger partial charge in [-0.1, -0.05) is 217 Å². The van der Waals surface area contributed by atoms with Gasteiger partial charge in [0.15, 0.2) is 0 Å². The number of aryl methyl sites for hydroxylation is 3. The third kappa shape index (κ3) is 6.79. The van der Waals surface area contributed by atoms with Crippen LogP contribution in [0.25, 0.3) is 65.0 Å². The second-order valence-corrected chi connectivity index (χ2v) is 20.3. The molecule has 0 spiro atoms. The first-order valence-electron chi connectivity index (χ1n) is 25.8. The van der Waals surface area contributed by atoms with E-state index in [0.29, 0.717) is 0 Å². The maximum atomic E-state index is 2.53. The fourth-order valence-electron chi connectivity index (χ4n) is 12.4. The highest BCUT2D eigenvalue weighted by Crippen LogP contribution is 2.60. The van der Waals surface area contributed by atoms with Gasteiger partial charge in [-0.2, -0.15) is 0 Å². The number of fused-ring (bicyclic) bond motifs is 8. The topological polar surface area (TPSA) is 6.48 Å². The summed E-state index contributed by atoms with van der Waals surface area (Å²) >= 11 is 0. The van der Waals surface area contributed by atoms with Crippen LogP contribution in [0.3, 0.4) is 0 Å². The summed E-state index contributed by atoms with van der Waals surface area (Å²) in [4.78, 5) is 5.04. The van der Waals surface area contributed by atoms with Crippen molar-refractivity contribution in [2.24, 2.45) is 0 Å². The first kappa shape index (κ1) is 43.5. The van der Waals surface area contributed by atoms with Crippen molar-refractivity contribution in [3.05, 3.63) is 300 Å². The zero-order chi connectivity index (χ0) is 49.5. The molecule has 2 heteroatoms. The molecule has 0 amide bonds. The molecule has 1 aliphatic carbocycles. The number of hydrogen-bond donors (Lipinski definition) is 0. The number of nitrogens with zero attached hydrogens (tertiary/aromatic N) is 2. The number of rotatable bonds is 8. The van der Waals surface area contributed by atoms with Gasteiger partial charge in [-0.3, -0.25) is 0 Å². The van der Waals surface area contributed by atoms with Gasteiger partial charge in [0.1, 0.15) is 0 Å². The summed E-state index contributed by atoms with van der Waals surface area (Å²) in [5, 5.41) is 12.1.